The summed E-state index contributed by atoms with van der Waals surface area (Å²) in [5, 5.41) is 6.32. The van der Waals surface area contributed by atoms with Gasteiger partial charge in [-0.15, -0.1) is 0 Å². The van der Waals surface area contributed by atoms with E-state index in [2.05, 4.69) is 15.6 Å². The minimum Gasteiger partial charge on any atom is -0.369 e. The number of rotatable bonds is 3. The number of carbonyl (C=O) groups excluding carboxylic acids is 1. The van der Waals surface area contributed by atoms with Crippen LogP contribution in [0.2, 0.25) is 0 Å². The van der Waals surface area contributed by atoms with E-state index in [0.717, 1.165) is 32.4 Å². The summed E-state index contributed by atoms with van der Waals surface area (Å²) in [5.74, 6) is -0.0779. The number of nitrogens with zero attached hydrogens (tertiary/aromatic N) is 1. The van der Waals surface area contributed by atoms with Gasteiger partial charge in [0.1, 0.15) is 0 Å². The van der Waals surface area contributed by atoms with Gasteiger partial charge in [-0.25, -0.2) is 0 Å². The summed E-state index contributed by atoms with van der Waals surface area (Å²) in [5.41, 5.74) is 0.614. The van der Waals surface area contributed by atoms with Crippen LogP contribution in [0.1, 0.15) is 36.0 Å². The van der Waals surface area contributed by atoms with Crippen molar-refractivity contribution in [3.05, 3.63) is 30.1 Å². The monoisotopic (exact) mass is 275 g/mol. The van der Waals surface area contributed by atoms with Crippen molar-refractivity contribution in [1.29, 1.82) is 0 Å². The van der Waals surface area contributed by atoms with E-state index < -0.39 is 0 Å². The first-order chi connectivity index (χ1) is 9.77. The van der Waals surface area contributed by atoms with E-state index in [-0.39, 0.29) is 17.6 Å². The average molecular weight is 275 g/mol. The minimum atomic E-state index is -0.0779. The van der Waals surface area contributed by atoms with Crippen molar-refractivity contribution in [3.8, 4) is 0 Å². The van der Waals surface area contributed by atoms with Crippen LogP contribution in [0.3, 0.4) is 0 Å². The first-order valence-electron chi connectivity index (χ1n) is 7.34. The number of ether oxygens (including phenoxy) is 1. The van der Waals surface area contributed by atoms with E-state index in [1.165, 1.54) is 6.42 Å². The summed E-state index contributed by atoms with van der Waals surface area (Å²) in [4.78, 5) is 15.9. The average Bonchev–Trinajstić information content (AvgIpc) is 2.93. The second-order valence-corrected chi connectivity index (χ2v) is 5.69. The molecule has 1 amide bonds. The van der Waals surface area contributed by atoms with Gasteiger partial charge < -0.3 is 15.4 Å². The third kappa shape index (κ3) is 2.99. The molecule has 2 atom stereocenters. The molecule has 108 valence electrons. The standard InChI is InChI=1S/C15H21N3O2/c19-14(12-3-2-7-16-9-12)18-10-13-4-1-5-15(20-13)6-8-17-11-15/h2-3,7,9,13,17H,1,4-6,8,10-11H2,(H,18,19)/t13-,15+/m0/s1. The van der Waals surface area contributed by atoms with Gasteiger partial charge in [0.15, 0.2) is 0 Å². The Morgan fingerprint density at radius 3 is 3.25 bits per heavy atom. The Bertz CT molecular complexity index is 457. The van der Waals surface area contributed by atoms with Gasteiger partial charge in [0.2, 0.25) is 0 Å². The second-order valence-electron chi connectivity index (χ2n) is 5.69. The molecule has 1 aromatic heterocycles. The Morgan fingerprint density at radius 2 is 2.50 bits per heavy atom. The number of hydrogen-bond donors (Lipinski definition) is 2. The largest absolute Gasteiger partial charge is 0.369 e. The maximum Gasteiger partial charge on any atom is 0.252 e. The molecule has 0 radical (unpaired) electrons. The maximum atomic E-state index is 12.0. The molecule has 5 nitrogen and oxygen atoms in total. The van der Waals surface area contributed by atoms with Gasteiger partial charge >= 0.3 is 0 Å². The smallest absolute Gasteiger partial charge is 0.252 e. The summed E-state index contributed by atoms with van der Waals surface area (Å²) in [6.07, 6.45) is 7.79. The van der Waals surface area contributed by atoms with Gasteiger partial charge in [-0.3, -0.25) is 9.78 Å². The Balaban J connectivity index is 1.52. The van der Waals surface area contributed by atoms with Crippen LogP contribution in [-0.2, 0) is 4.74 Å². The molecule has 2 saturated heterocycles. The highest BCUT2D eigenvalue weighted by Gasteiger charge is 2.39. The quantitative estimate of drug-likeness (QED) is 0.867. The van der Waals surface area contributed by atoms with Gasteiger partial charge in [0, 0.05) is 25.5 Å². The Labute approximate surface area is 119 Å². The van der Waals surface area contributed by atoms with Gasteiger partial charge in [-0.05, 0) is 44.4 Å². The van der Waals surface area contributed by atoms with Crippen molar-refractivity contribution in [2.24, 2.45) is 0 Å². The molecule has 0 bridgehead atoms. The van der Waals surface area contributed by atoms with Crippen molar-refractivity contribution < 1.29 is 9.53 Å². The number of hydrogen-bond acceptors (Lipinski definition) is 4. The molecule has 2 aliphatic heterocycles. The number of carbonyl (C=O) groups is 1. The van der Waals surface area contributed by atoms with Crippen LogP contribution in [0.4, 0.5) is 0 Å². The van der Waals surface area contributed by atoms with Crippen LogP contribution < -0.4 is 10.6 Å². The highest BCUT2D eigenvalue weighted by Crippen LogP contribution is 2.33. The molecule has 3 rings (SSSR count). The zero-order valence-electron chi connectivity index (χ0n) is 11.6. The molecule has 0 unspecified atom stereocenters. The summed E-state index contributed by atoms with van der Waals surface area (Å²) in [6.45, 7) is 2.56. The first kappa shape index (κ1) is 13.5. The second kappa shape index (κ2) is 5.89. The lowest BCUT2D eigenvalue weighted by molar-refractivity contribution is -0.113. The zero-order valence-corrected chi connectivity index (χ0v) is 11.6. The molecule has 0 aliphatic carbocycles. The lowest BCUT2D eigenvalue weighted by Gasteiger charge is -2.38. The predicted octanol–water partition coefficient (Wildman–Crippen LogP) is 1.11. The fourth-order valence-corrected chi connectivity index (χ4v) is 3.11. The zero-order chi connectivity index (χ0) is 13.8. The van der Waals surface area contributed by atoms with Crippen LogP contribution in [0.25, 0.3) is 0 Å². The SMILES string of the molecule is O=C(NC[C@@H]1CCC[C@]2(CCNC2)O1)c1cccnc1. The predicted molar refractivity (Wildman–Crippen MR) is 75.5 cm³/mol. The summed E-state index contributed by atoms with van der Waals surface area (Å²) in [6, 6.07) is 3.54. The van der Waals surface area contributed by atoms with Crippen molar-refractivity contribution in [3.63, 3.8) is 0 Å². The molecule has 5 heteroatoms. The van der Waals surface area contributed by atoms with E-state index in [0.29, 0.717) is 12.1 Å². The Kier molecular flexibility index (Phi) is 3.98. The fourth-order valence-electron chi connectivity index (χ4n) is 3.11. The Hall–Kier alpha value is -1.46. The third-order valence-electron chi connectivity index (χ3n) is 4.19. The lowest BCUT2D eigenvalue weighted by atomic mass is 9.90. The molecular weight excluding hydrogens is 254 g/mol. The van der Waals surface area contributed by atoms with E-state index in [9.17, 15) is 4.79 Å². The minimum absolute atomic E-state index is 0.0158. The molecule has 20 heavy (non-hydrogen) atoms. The topological polar surface area (TPSA) is 63.2 Å². The Morgan fingerprint density at radius 1 is 1.55 bits per heavy atom. The van der Waals surface area contributed by atoms with Crippen molar-refractivity contribution in [2.75, 3.05) is 19.6 Å². The van der Waals surface area contributed by atoms with E-state index in [4.69, 9.17) is 4.74 Å². The van der Waals surface area contributed by atoms with E-state index in [1.54, 1.807) is 24.5 Å². The van der Waals surface area contributed by atoms with Crippen LogP contribution in [-0.4, -0.2) is 42.2 Å². The van der Waals surface area contributed by atoms with Gasteiger partial charge in [0.05, 0.1) is 17.3 Å². The third-order valence-corrected chi connectivity index (χ3v) is 4.19. The fraction of sp³-hybridized carbons (Fsp3) is 0.600. The normalized spacial score (nSPS) is 29.5. The lowest BCUT2D eigenvalue weighted by Crippen LogP contribution is -2.46. The van der Waals surface area contributed by atoms with Crippen molar-refractivity contribution >= 4 is 5.91 Å². The molecule has 2 aliphatic rings. The molecule has 1 spiro atoms. The molecule has 1 aromatic rings. The van der Waals surface area contributed by atoms with Crippen molar-refractivity contribution in [2.45, 2.75) is 37.4 Å². The molecule has 0 saturated carbocycles. The van der Waals surface area contributed by atoms with Gasteiger partial charge in [0.25, 0.3) is 5.91 Å². The molecule has 2 fully saturated rings. The van der Waals surface area contributed by atoms with Crippen LogP contribution >= 0.6 is 0 Å². The van der Waals surface area contributed by atoms with Gasteiger partial charge in [-0.1, -0.05) is 0 Å². The van der Waals surface area contributed by atoms with E-state index >= 15 is 0 Å². The summed E-state index contributed by atoms with van der Waals surface area (Å²) in [7, 11) is 0. The molecular formula is C15H21N3O2. The maximum absolute atomic E-state index is 12.0. The molecule has 3 heterocycles. The van der Waals surface area contributed by atoms with Crippen molar-refractivity contribution in [1.82, 2.24) is 15.6 Å². The number of nitrogens with one attached hydrogen (secondary N) is 2. The highest BCUT2D eigenvalue weighted by atomic mass is 16.5. The highest BCUT2D eigenvalue weighted by molar-refractivity contribution is 5.93. The molecule has 0 aromatic carbocycles. The van der Waals surface area contributed by atoms with Crippen LogP contribution in [0, 0.1) is 0 Å². The molecule has 2 N–H and O–H groups in total. The summed E-state index contributed by atoms with van der Waals surface area (Å²) >= 11 is 0. The summed E-state index contributed by atoms with van der Waals surface area (Å²) < 4.78 is 6.23. The van der Waals surface area contributed by atoms with Crippen LogP contribution in [0.15, 0.2) is 24.5 Å². The first-order valence-corrected chi connectivity index (χ1v) is 7.34. The van der Waals surface area contributed by atoms with Gasteiger partial charge in [-0.2, -0.15) is 0 Å². The van der Waals surface area contributed by atoms with E-state index in [1.807, 2.05) is 0 Å². The van der Waals surface area contributed by atoms with Crippen LogP contribution in [0.5, 0.6) is 0 Å². The number of aromatic nitrogens is 1. The number of pyridine rings is 1. The number of amides is 1.